The molecule has 0 amide bonds. The molecule has 0 aromatic heterocycles. The summed E-state index contributed by atoms with van der Waals surface area (Å²) in [5.74, 6) is 0. The minimum atomic E-state index is -0.395. The summed E-state index contributed by atoms with van der Waals surface area (Å²) < 4.78 is 0. The second-order valence-electron chi connectivity index (χ2n) is 14.4. The van der Waals surface area contributed by atoms with Crippen LogP contribution in [0.3, 0.4) is 0 Å². The van der Waals surface area contributed by atoms with E-state index in [2.05, 4.69) is 217 Å². The van der Waals surface area contributed by atoms with Crippen LogP contribution in [0.5, 0.6) is 0 Å². The first-order valence-electron chi connectivity index (χ1n) is 18.8. The molecule has 2 aliphatic carbocycles. The maximum absolute atomic E-state index is 2.45. The SMILES string of the molecule is c1ccc(-c2cc(-c3ccc(N(c4ccccc4)c4cccc5c4-c4ccccc4C54c5ccccc5-c5ccccc54)cc3)cc3ccccc23)cc1. The molecule has 0 aliphatic heterocycles. The Labute approximate surface area is 316 Å². The number of nitrogens with zero attached hydrogens (tertiary/aromatic N) is 1. The van der Waals surface area contributed by atoms with E-state index in [0.29, 0.717) is 0 Å². The van der Waals surface area contributed by atoms with Crippen molar-refractivity contribution in [1.82, 2.24) is 0 Å². The maximum Gasteiger partial charge on any atom is 0.0726 e. The predicted molar refractivity (Wildman–Crippen MR) is 226 cm³/mol. The third kappa shape index (κ3) is 4.39. The van der Waals surface area contributed by atoms with Crippen molar-refractivity contribution in [3.63, 3.8) is 0 Å². The van der Waals surface area contributed by atoms with E-state index in [0.717, 1.165) is 11.4 Å². The molecule has 0 bridgehead atoms. The summed E-state index contributed by atoms with van der Waals surface area (Å²) >= 11 is 0. The number of benzene rings is 9. The molecule has 9 aromatic rings. The number of anilines is 3. The van der Waals surface area contributed by atoms with Crippen molar-refractivity contribution >= 4 is 27.8 Å². The van der Waals surface area contributed by atoms with Crippen LogP contribution in [0.4, 0.5) is 17.1 Å². The highest BCUT2D eigenvalue weighted by Gasteiger charge is 2.52. The molecule has 0 fully saturated rings. The maximum atomic E-state index is 2.45. The van der Waals surface area contributed by atoms with Crippen LogP contribution in [0.2, 0.25) is 0 Å². The van der Waals surface area contributed by atoms with Gasteiger partial charge >= 0.3 is 0 Å². The third-order valence-electron chi connectivity index (χ3n) is 11.7. The molecule has 2 aliphatic rings. The van der Waals surface area contributed by atoms with Gasteiger partial charge < -0.3 is 4.90 Å². The second-order valence-corrected chi connectivity index (χ2v) is 14.4. The van der Waals surface area contributed by atoms with Gasteiger partial charge in [-0.1, -0.05) is 170 Å². The minimum absolute atomic E-state index is 0.395. The third-order valence-corrected chi connectivity index (χ3v) is 11.7. The number of fused-ring (bicyclic) bond motifs is 11. The van der Waals surface area contributed by atoms with Gasteiger partial charge in [0.15, 0.2) is 0 Å². The summed E-state index contributed by atoms with van der Waals surface area (Å²) in [7, 11) is 0. The fraction of sp³-hybridized carbons (Fsp3) is 0.0189. The van der Waals surface area contributed by atoms with Crippen molar-refractivity contribution in [3.05, 3.63) is 235 Å². The molecule has 1 nitrogen and oxygen atoms in total. The first kappa shape index (κ1) is 30.6. The molecule has 0 N–H and O–H groups in total. The first-order chi connectivity index (χ1) is 26.8. The van der Waals surface area contributed by atoms with Crippen molar-refractivity contribution in [2.24, 2.45) is 0 Å². The second kappa shape index (κ2) is 12.0. The predicted octanol–water partition coefficient (Wildman–Crippen LogP) is 14.0. The van der Waals surface area contributed by atoms with E-state index < -0.39 is 5.41 Å². The summed E-state index contributed by atoms with van der Waals surface area (Å²) in [6.45, 7) is 0. The zero-order valence-corrected chi connectivity index (χ0v) is 29.7. The Bertz CT molecular complexity index is 2820. The Morgan fingerprint density at radius 2 is 0.852 bits per heavy atom. The van der Waals surface area contributed by atoms with Crippen LogP contribution >= 0.6 is 0 Å². The number of para-hydroxylation sites is 1. The minimum Gasteiger partial charge on any atom is -0.310 e. The van der Waals surface area contributed by atoms with Crippen LogP contribution in [-0.2, 0) is 5.41 Å². The molecule has 0 atom stereocenters. The Hall–Kier alpha value is -6.96. The highest BCUT2D eigenvalue weighted by molar-refractivity contribution is 6.02. The van der Waals surface area contributed by atoms with Crippen LogP contribution in [-0.4, -0.2) is 0 Å². The van der Waals surface area contributed by atoms with Gasteiger partial charge in [-0.2, -0.15) is 0 Å². The Balaban J connectivity index is 1.11. The lowest BCUT2D eigenvalue weighted by atomic mass is 9.70. The molecule has 0 heterocycles. The average Bonchev–Trinajstić information content (AvgIpc) is 3.72. The largest absolute Gasteiger partial charge is 0.310 e. The lowest BCUT2D eigenvalue weighted by molar-refractivity contribution is 0.794. The topological polar surface area (TPSA) is 3.24 Å². The fourth-order valence-corrected chi connectivity index (χ4v) is 9.45. The molecule has 0 saturated heterocycles. The van der Waals surface area contributed by atoms with Crippen molar-refractivity contribution < 1.29 is 0 Å². The standard InChI is InChI=1S/C53H35N/c1-3-16-37(17-4-1)46-35-39(34-38-18-7-8-21-42(38)46)36-30-32-41(33-31-36)54(40-19-5-2-6-20-40)51-29-15-28-50-52(51)45-24-11-14-27-49(45)53(50)47-25-12-9-22-43(47)44-23-10-13-26-48(44)53/h1-35H. The monoisotopic (exact) mass is 685 g/mol. The fourth-order valence-electron chi connectivity index (χ4n) is 9.45. The van der Waals surface area contributed by atoms with E-state index in [-0.39, 0.29) is 0 Å². The molecule has 252 valence electrons. The van der Waals surface area contributed by atoms with Crippen molar-refractivity contribution in [1.29, 1.82) is 0 Å². The molecule has 1 heteroatoms. The molecule has 54 heavy (non-hydrogen) atoms. The molecule has 9 aromatic carbocycles. The highest BCUT2D eigenvalue weighted by atomic mass is 15.1. The van der Waals surface area contributed by atoms with Gasteiger partial charge in [-0.05, 0) is 114 Å². The van der Waals surface area contributed by atoms with Crippen molar-refractivity contribution in [2.45, 2.75) is 5.41 Å². The molecular weight excluding hydrogens is 651 g/mol. The summed E-state index contributed by atoms with van der Waals surface area (Å²) in [4.78, 5) is 2.45. The average molecular weight is 686 g/mol. The lowest BCUT2D eigenvalue weighted by Crippen LogP contribution is -2.26. The Morgan fingerprint density at radius 1 is 0.315 bits per heavy atom. The van der Waals surface area contributed by atoms with Gasteiger partial charge in [0, 0.05) is 16.9 Å². The summed E-state index contributed by atoms with van der Waals surface area (Å²) in [5, 5.41) is 2.51. The molecule has 0 saturated carbocycles. The molecule has 0 radical (unpaired) electrons. The van der Waals surface area contributed by atoms with Crippen LogP contribution < -0.4 is 4.90 Å². The molecular formula is C53H35N. The molecule has 0 unspecified atom stereocenters. The number of rotatable bonds is 5. The van der Waals surface area contributed by atoms with E-state index in [1.54, 1.807) is 0 Å². The molecule has 1 spiro atoms. The van der Waals surface area contributed by atoms with Gasteiger partial charge in [-0.3, -0.25) is 0 Å². The van der Waals surface area contributed by atoms with Crippen LogP contribution in [0.1, 0.15) is 22.3 Å². The van der Waals surface area contributed by atoms with Gasteiger partial charge in [-0.25, -0.2) is 0 Å². The first-order valence-corrected chi connectivity index (χ1v) is 18.8. The zero-order valence-electron chi connectivity index (χ0n) is 29.7. The lowest BCUT2D eigenvalue weighted by Gasteiger charge is -2.31. The normalized spacial score (nSPS) is 13.0. The van der Waals surface area contributed by atoms with Crippen LogP contribution in [0.15, 0.2) is 212 Å². The van der Waals surface area contributed by atoms with Gasteiger partial charge in [0.05, 0.1) is 11.1 Å². The van der Waals surface area contributed by atoms with Gasteiger partial charge in [0.1, 0.15) is 0 Å². The van der Waals surface area contributed by atoms with E-state index in [9.17, 15) is 0 Å². The van der Waals surface area contributed by atoms with Crippen LogP contribution in [0, 0.1) is 0 Å². The van der Waals surface area contributed by atoms with E-state index in [1.807, 2.05) is 0 Å². The van der Waals surface area contributed by atoms with E-state index in [1.165, 1.54) is 83.2 Å². The van der Waals surface area contributed by atoms with E-state index in [4.69, 9.17) is 0 Å². The number of hydrogen-bond acceptors (Lipinski definition) is 1. The summed E-state index contributed by atoms with van der Waals surface area (Å²) in [6.07, 6.45) is 0. The number of hydrogen-bond donors (Lipinski definition) is 0. The van der Waals surface area contributed by atoms with E-state index >= 15 is 0 Å². The van der Waals surface area contributed by atoms with Crippen LogP contribution in [0.25, 0.3) is 55.3 Å². The summed E-state index contributed by atoms with van der Waals surface area (Å²) in [6, 6.07) is 78.1. The Morgan fingerprint density at radius 3 is 1.56 bits per heavy atom. The highest BCUT2D eigenvalue weighted by Crippen LogP contribution is 2.64. The van der Waals surface area contributed by atoms with Crippen molar-refractivity contribution in [3.8, 4) is 44.5 Å². The summed E-state index contributed by atoms with van der Waals surface area (Å²) in [5.41, 5.74) is 18.5. The van der Waals surface area contributed by atoms with Gasteiger partial charge in [-0.15, -0.1) is 0 Å². The van der Waals surface area contributed by atoms with Gasteiger partial charge in [0.2, 0.25) is 0 Å². The molecule has 11 rings (SSSR count). The zero-order chi connectivity index (χ0) is 35.6. The quantitative estimate of drug-likeness (QED) is 0.174. The van der Waals surface area contributed by atoms with Gasteiger partial charge in [0.25, 0.3) is 0 Å². The smallest absolute Gasteiger partial charge is 0.0726 e. The van der Waals surface area contributed by atoms with Crippen molar-refractivity contribution in [2.75, 3.05) is 4.90 Å². The Kier molecular flexibility index (Phi) is 6.84.